The number of aryl methyl sites for hydroxylation is 1. The van der Waals surface area contributed by atoms with Gasteiger partial charge in [0, 0.05) is 5.57 Å². The maximum absolute atomic E-state index is 11.9. The Labute approximate surface area is 258 Å². The van der Waals surface area contributed by atoms with Crippen LogP contribution in [0.25, 0.3) is 0 Å². The third kappa shape index (κ3) is 14.1. The standard InChI is InChI=1S/C30H60O6Si5/c1-11-40(12-2,13-3)35-38(27-21-25-32-30(31)28(7)8)33-37(26-20-24-29-22-18-17-19-23-29)34-39(9,10)36-41(14-4,15-5)16-6/h17-19,22-23,37-38H,7,11-16,20-21,24-27H2,1-6,8-10H3. The number of rotatable bonds is 23. The Morgan fingerprint density at radius 3 is 1.80 bits per heavy atom. The molecular formula is C30H60O6Si5. The number of carbonyl (C=O) groups is 1. The molecule has 0 N–H and O–H groups in total. The van der Waals surface area contributed by atoms with E-state index in [1.807, 2.05) is 0 Å². The Kier molecular flexibility index (Phi) is 18.3. The van der Waals surface area contributed by atoms with Gasteiger partial charge in [-0.15, -0.1) is 0 Å². The fraction of sp³-hybridized carbons (Fsp3) is 0.700. The van der Waals surface area contributed by atoms with Crippen LogP contribution in [0.4, 0.5) is 0 Å². The molecular weight excluding hydrogens is 597 g/mol. The average Bonchev–Trinajstić information content (AvgIpc) is 2.96. The first-order chi connectivity index (χ1) is 19.4. The van der Waals surface area contributed by atoms with Crippen LogP contribution in [0.15, 0.2) is 42.5 Å². The zero-order chi connectivity index (χ0) is 30.9. The van der Waals surface area contributed by atoms with Crippen LogP contribution in [0, 0.1) is 0 Å². The summed E-state index contributed by atoms with van der Waals surface area (Å²) in [5.74, 6) is -0.332. The quantitative estimate of drug-likeness (QED) is 0.0511. The molecule has 0 heterocycles. The molecule has 0 saturated heterocycles. The van der Waals surface area contributed by atoms with Gasteiger partial charge in [0.2, 0.25) is 0 Å². The van der Waals surface area contributed by atoms with Gasteiger partial charge < -0.3 is 21.2 Å². The Hall–Kier alpha value is -0.646. The van der Waals surface area contributed by atoms with Gasteiger partial charge in [-0.1, -0.05) is 78.5 Å². The second-order valence-electron chi connectivity index (χ2n) is 11.7. The topological polar surface area (TPSA) is 63.2 Å². The van der Waals surface area contributed by atoms with Crippen molar-refractivity contribution in [1.82, 2.24) is 0 Å². The van der Waals surface area contributed by atoms with Crippen molar-refractivity contribution < 1.29 is 26.0 Å². The van der Waals surface area contributed by atoms with Crippen LogP contribution in [0.1, 0.15) is 66.9 Å². The molecule has 1 rings (SSSR count). The van der Waals surface area contributed by atoms with Crippen LogP contribution in [0.2, 0.25) is 61.4 Å². The fourth-order valence-corrected chi connectivity index (χ4v) is 27.4. The lowest BCUT2D eigenvalue weighted by Crippen LogP contribution is -2.53. The van der Waals surface area contributed by atoms with Gasteiger partial charge >= 0.3 is 33.1 Å². The first-order valence-corrected chi connectivity index (χ1v) is 27.4. The Morgan fingerprint density at radius 2 is 1.29 bits per heavy atom. The fourth-order valence-electron chi connectivity index (χ4n) is 5.24. The van der Waals surface area contributed by atoms with Crippen LogP contribution < -0.4 is 0 Å². The highest BCUT2D eigenvalue weighted by atomic mass is 28.5. The van der Waals surface area contributed by atoms with Gasteiger partial charge in [-0.3, -0.25) is 0 Å². The third-order valence-corrected chi connectivity index (χ3v) is 30.3. The molecule has 0 aliphatic rings. The van der Waals surface area contributed by atoms with Gasteiger partial charge in [-0.2, -0.15) is 0 Å². The summed E-state index contributed by atoms with van der Waals surface area (Å²) in [5.41, 5.74) is 1.78. The highest BCUT2D eigenvalue weighted by Crippen LogP contribution is 2.29. The van der Waals surface area contributed by atoms with E-state index in [1.165, 1.54) is 5.56 Å². The lowest BCUT2D eigenvalue weighted by Gasteiger charge is -2.40. The summed E-state index contributed by atoms with van der Waals surface area (Å²) in [4.78, 5) is 11.9. The zero-order valence-electron chi connectivity index (χ0n) is 27.7. The summed E-state index contributed by atoms with van der Waals surface area (Å²) in [6.45, 7) is 23.8. The number of hydrogen-bond acceptors (Lipinski definition) is 6. The molecule has 0 aliphatic carbocycles. The number of hydrogen-bond donors (Lipinski definition) is 0. The van der Waals surface area contributed by atoms with Crippen molar-refractivity contribution in [3.63, 3.8) is 0 Å². The molecule has 0 aromatic heterocycles. The van der Waals surface area contributed by atoms with E-state index in [1.54, 1.807) is 6.92 Å². The molecule has 0 fully saturated rings. The molecule has 0 radical (unpaired) electrons. The van der Waals surface area contributed by atoms with Crippen molar-refractivity contribution in [2.45, 2.75) is 129 Å². The Balaban J connectivity index is 3.15. The van der Waals surface area contributed by atoms with E-state index in [9.17, 15) is 4.79 Å². The van der Waals surface area contributed by atoms with Gasteiger partial charge in [-0.25, -0.2) is 4.79 Å². The molecule has 1 aromatic carbocycles. The van der Waals surface area contributed by atoms with Gasteiger partial charge in [0.25, 0.3) is 0 Å². The summed E-state index contributed by atoms with van der Waals surface area (Å²) in [5, 5.41) is 0. The first kappa shape index (κ1) is 38.4. The molecule has 6 nitrogen and oxygen atoms in total. The van der Waals surface area contributed by atoms with E-state index in [0.29, 0.717) is 12.2 Å². The van der Waals surface area contributed by atoms with Gasteiger partial charge in [0.1, 0.15) is 0 Å². The van der Waals surface area contributed by atoms with E-state index in [-0.39, 0.29) is 5.97 Å². The number of esters is 1. The van der Waals surface area contributed by atoms with Crippen molar-refractivity contribution in [3.05, 3.63) is 48.0 Å². The number of ether oxygens (including phenoxy) is 1. The zero-order valence-corrected chi connectivity index (χ0v) is 33.0. The molecule has 0 spiro atoms. The molecule has 236 valence electrons. The predicted octanol–water partition coefficient (Wildman–Crippen LogP) is 8.35. The summed E-state index contributed by atoms with van der Waals surface area (Å²) >= 11 is 0. The lowest BCUT2D eigenvalue weighted by atomic mass is 10.1. The normalized spacial score (nSPS) is 14.1. The van der Waals surface area contributed by atoms with E-state index in [0.717, 1.165) is 67.6 Å². The molecule has 0 aliphatic heterocycles. The minimum atomic E-state index is -2.41. The van der Waals surface area contributed by atoms with E-state index >= 15 is 0 Å². The minimum absolute atomic E-state index is 0.332. The predicted molar refractivity (Wildman–Crippen MR) is 185 cm³/mol. The summed E-state index contributed by atoms with van der Waals surface area (Å²) in [6, 6.07) is 19.0. The van der Waals surface area contributed by atoms with E-state index in [4.69, 9.17) is 21.2 Å². The lowest BCUT2D eigenvalue weighted by molar-refractivity contribution is -0.138. The smallest absolute Gasteiger partial charge is 0.333 e. The number of carbonyl (C=O) groups excluding carboxylic acids is 1. The van der Waals surface area contributed by atoms with Crippen molar-refractivity contribution in [3.8, 4) is 0 Å². The second kappa shape index (κ2) is 19.6. The minimum Gasteiger partial charge on any atom is -0.462 e. The van der Waals surface area contributed by atoms with Crippen LogP contribution in [-0.2, 0) is 32.4 Å². The largest absolute Gasteiger partial charge is 0.462 e. The summed E-state index contributed by atoms with van der Waals surface area (Å²) < 4.78 is 33.5. The van der Waals surface area contributed by atoms with Crippen LogP contribution in [0.5, 0.6) is 0 Å². The SMILES string of the molecule is C=C(C)C(=O)OCCC[SiH](O[SiH](CCCc1ccccc1)O[Si](C)(C)O[Si](CC)(CC)CC)O[Si](CC)(CC)CC. The van der Waals surface area contributed by atoms with Gasteiger partial charge in [-0.05, 0) is 93.2 Å². The monoisotopic (exact) mass is 656 g/mol. The average molecular weight is 657 g/mol. The van der Waals surface area contributed by atoms with Crippen molar-refractivity contribution >= 4 is 49.7 Å². The first-order valence-electron chi connectivity index (χ1n) is 16.0. The molecule has 0 amide bonds. The Morgan fingerprint density at radius 1 is 0.780 bits per heavy atom. The molecule has 2 unspecified atom stereocenters. The van der Waals surface area contributed by atoms with E-state index in [2.05, 4.69) is 91.5 Å². The number of benzene rings is 1. The molecule has 2 atom stereocenters. The van der Waals surface area contributed by atoms with Crippen molar-refractivity contribution in [2.24, 2.45) is 0 Å². The molecule has 11 heteroatoms. The summed E-state index contributed by atoms with van der Waals surface area (Å²) in [7, 11) is -10.3. The maximum atomic E-state index is 11.9. The maximum Gasteiger partial charge on any atom is 0.333 e. The molecule has 0 bridgehead atoms. The molecule has 1 aromatic rings. The van der Waals surface area contributed by atoms with Crippen LogP contribution in [0.3, 0.4) is 0 Å². The highest BCUT2D eigenvalue weighted by Gasteiger charge is 2.41. The van der Waals surface area contributed by atoms with Crippen LogP contribution >= 0.6 is 0 Å². The third-order valence-electron chi connectivity index (χ3n) is 8.34. The van der Waals surface area contributed by atoms with Gasteiger partial charge in [0.05, 0.1) is 6.61 Å². The van der Waals surface area contributed by atoms with E-state index < -0.39 is 43.8 Å². The Bertz CT molecular complexity index is 861. The highest BCUT2D eigenvalue weighted by molar-refractivity contribution is 6.86. The van der Waals surface area contributed by atoms with Crippen LogP contribution in [-0.4, -0.2) is 56.3 Å². The van der Waals surface area contributed by atoms with Crippen molar-refractivity contribution in [1.29, 1.82) is 0 Å². The molecule has 41 heavy (non-hydrogen) atoms. The summed E-state index contributed by atoms with van der Waals surface area (Å²) in [6.07, 6.45) is 2.77. The second-order valence-corrected chi connectivity index (χ2v) is 30.1. The van der Waals surface area contributed by atoms with Gasteiger partial charge in [0.15, 0.2) is 16.6 Å². The van der Waals surface area contributed by atoms with Crippen molar-refractivity contribution in [2.75, 3.05) is 6.61 Å². The molecule has 0 saturated carbocycles.